The molecule has 1 aromatic heterocycles. The van der Waals surface area contributed by atoms with Gasteiger partial charge in [0.2, 0.25) is 5.95 Å². The van der Waals surface area contributed by atoms with Gasteiger partial charge in [-0.3, -0.25) is 0 Å². The number of fused-ring (bicyclic) bond motifs is 4. The molecule has 26 heavy (non-hydrogen) atoms. The van der Waals surface area contributed by atoms with Gasteiger partial charge in [-0.1, -0.05) is 48.5 Å². The predicted molar refractivity (Wildman–Crippen MR) is 106 cm³/mol. The molecule has 5 nitrogen and oxygen atoms in total. The van der Waals surface area contributed by atoms with E-state index in [0.29, 0.717) is 5.82 Å². The highest BCUT2D eigenvalue weighted by Crippen LogP contribution is 2.44. The first-order chi connectivity index (χ1) is 12.7. The lowest BCUT2D eigenvalue weighted by Gasteiger charge is -2.18. The first-order valence-electron chi connectivity index (χ1n) is 8.48. The summed E-state index contributed by atoms with van der Waals surface area (Å²) in [5.74, 6) is 0.581. The first-order valence-corrected chi connectivity index (χ1v) is 8.48. The van der Waals surface area contributed by atoms with Gasteiger partial charge in [0.1, 0.15) is 5.82 Å². The zero-order valence-corrected chi connectivity index (χ0v) is 14.0. The van der Waals surface area contributed by atoms with Gasteiger partial charge in [0.25, 0.3) is 0 Å². The predicted octanol–water partition coefficient (Wildman–Crippen LogP) is 3.98. The molecule has 0 radical (unpaired) electrons. The SMILES string of the molecule is Nc1nc(N)c2cc(NC3c4ccccc4-c4ccccc43)ccc2n1. The van der Waals surface area contributed by atoms with Crippen molar-refractivity contribution < 1.29 is 0 Å². The number of rotatable bonds is 2. The maximum atomic E-state index is 6.03. The molecule has 0 saturated heterocycles. The Bertz CT molecular complexity index is 1110. The summed E-state index contributed by atoms with van der Waals surface area (Å²) in [6.45, 7) is 0. The van der Waals surface area contributed by atoms with E-state index in [4.69, 9.17) is 11.5 Å². The number of nitrogen functional groups attached to an aromatic ring is 2. The monoisotopic (exact) mass is 339 g/mol. The molecule has 5 rings (SSSR count). The molecule has 0 fully saturated rings. The van der Waals surface area contributed by atoms with E-state index >= 15 is 0 Å². The summed E-state index contributed by atoms with van der Waals surface area (Å²) < 4.78 is 0. The van der Waals surface area contributed by atoms with Crippen LogP contribution in [-0.2, 0) is 0 Å². The molecule has 0 unspecified atom stereocenters. The molecule has 0 bridgehead atoms. The summed E-state index contributed by atoms with van der Waals surface area (Å²) in [4.78, 5) is 8.30. The molecule has 1 aliphatic rings. The molecule has 0 aliphatic heterocycles. The Hall–Kier alpha value is -3.60. The molecule has 5 heteroatoms. The Morgan fingerprint density at radius 2 is 1.42 bits per heavy atom. The van der Waals surface area contributed by atoms with Crippen molar-refractivity contribution in [2.75, 3.05) is 16.8 Å². The average molecular weight is 339 g/mol. The molecule has 0 spiro atoms. The molecule has 0 amide bonds. The number of nitrogens with two attached hydrogens (primary N) is 2. The van der Waals surface area contributed by atoms with E-state index in [1.54, 1.807) is 0 Å². The van der Waals surface area contributed by atoms with Crippen LogP contribution in [0.15, 0.2) is 66.7 Å². The van der Waals surface area contributed by atoms with Crippen molar-refractivity contribution in [1.82, 2.24) is 9.97 Å². The third kappa shape index (κ3) is 2.18. The molecule has 4 aromatic rings. The highest BCUT2D eigenvalue weighted by molar-refractivity contribution is 5.91. The fourth-order valence-electron chi connectivity index (χ4n) is 3.74. The van der Waals surface area contributed by atoms with Gasteiger partial charge >= 0.3 is 0 Å². The lowest BCUT2D eigenvalue weighted by molar-refractivity contribution is 0.974. The average Bonchev–Trinajstić information content (AvgIpc) is 2.97. The zero-order valence-electron chi connectivity index (χ0n) is 14.0. The fraction of sp³-hybridized carbons (Fsp3) is 0.0476. The van der Waals surface area contributed by atoms with E-state index in [2.05, 4.69) is 63.8 Å². The quantitative estimate of drug-likeness (QED) is 0.514. The normalized spacial score (nSPS) is 12.8. The van der Waals surface area contributed by atoms with Gasteiger partial charge in [-0.25, -0.2) is 4.98 Å². The number of benzene rings is 3. The van der Waals surface area contributed by atoms with Gasteiger partial charge in [0, 0.05) is 11.1 Å². The van der Waals surface area contributed by atoms with E-state index < -0.39 is 0 Å². The van der Waals surface area contributed by atoms with Crippen LogP contribution in [0.3, 0.4) is 0 Å². The molecular formula is C21H17N5. The van der Waals surface area contributed by atoms with Gasteiger partial charge < -0.3 is 16.8 Å². The maximum Gasteiger partial charge on any atom is 0.222 e. The molecule has 0 atom stereocenters. The Labute approximate surface area is 150 Å². The van der Waals surface area contributed by atoms with Gasteiger partial charge in [-0.15, -0.1) is 0 Å². The van der Waals surface area contributed by atoms with Crippen molar-refractivity contribution in [1.29, 1.82) is 0 Å². The maximum absolute atomic E-state index is 6.03. The van der Waals surface area contributed by atoms with E-state index in [9.17, 15) is 0 Å². The van der Waals surface area contributed by atoms with Crippen molar-refractivity contribution in [3.8, 4) is 11.1 Å². The van der Waals surface area contributed by atoms with Crippen LogP contribution in [0.5, 0.6) is 0 Å². The van der Waals surface area contributed by atoms with Crippen molar-refractivity contribution in [2.45, 2.75) is 6.04 Å². The number of hydrogen-bond donors (Lipinski definition) is 3. The smallest absolute Gasteiger partial charge is 0.222 e. The third-order valence-electron chi connectivity index (χ3n) is 4.89. The Kier molecular flexibility index (Phi) is 3.09. The van der Waals surface area contributed by atoms with Crippen molar-refractivity contribution in [3.05, 3.63) is 77.9 Å². The summed E-state index contributed by atoms with van der Waals surface area (Å²) in [5, 5.41) is 4.44. The van der Waals surface area contributed by atoms with Crippen molar-refractivity contribution >= 4 is 28.4 Å². The molecule has 3 aromatic carbocycles. The molecule has 1 aliphatic carbocycles. The highest BCUT2D eigenvalue weighted by Gasteiger charge is 2.27. The van der Waals surface area contributed by atoms with Crippen molar-refractivity contribution in [2.24, 2.45) is 0 Å². The minimum atomic E-state index is 0.0933. The number of nitrogens with zero attached hydrogens (tertiary/aromatic N) is 2. The van der Waals surface area contributed by atoms with E-state index in [1.165, 1.54) is 22.3 Å². The molecular weight excluding hydrogens is 322 g/mol. The van der Waals surface area contributed by atoms with Crippen LogP contribution in [0.2, 0.25) is 0 Å². The molecule has 1 heterocycles. The van der Waals surface area contributed by atoms with E-state index in [1.807, 2.05) is 18.2 Å². The molecule has 5 N–H and O–H groups in total. The molecule has 0 saturated carbocycles. The first kappa shape index (κ1) is 14.7. The largest absolute Gasteiger partial charge is 0.383 e. The van der Waals surface area contributed by atoms with Crippen LogP contribution in [0.1, 0.15) is 17.2 Å². The van der Waals surface area contributed by atoms with Gasteiger partial charge in [-0.2, -0.15) is 4.98 Å². The fourth-order valence-corrected chi connectivity index (χ4v) is 3.74. The number of aromatic nitrogens is 2. The van der Waals surface area contributed by atoms with Crippen LogP contribution < -0.4 is 16.8 Å². The number of nitrogens with one attached hydrogen (secondary N) is 1. The summed E-state index contributed by atoms with van der Waals surface area (Å²) >= 11 is 0. The minimum Gasteiger partial charge on any atom is -0.383 e. The summed E-state index contributed by atoms with van der Waals surface area (Å²) in [5.41, 5.74) is 18.5. The van der Waals surface area contributed by atoms with E-state index in [0.717, 1.165) is 16.6 Å². The highest BCUT2D eigenvalue weighted by atomic mass is 15.0. The Morgan fingerprint density at radius 3 is 2.12 bits per heavy atom. The van der Waals surface area contributed by atoms with Gasteiger partial charge in [-0.05, 0) is 40.5 Å². The van der Waals surface area contributed by atoms with Gasteiger partial charge in [0.15, 0.2) is 0 Å². The minimum absolute atomic E-state index is 0.0933. The topological polar surface area (TPSA) is 89.8 Å². The lowest BCUT2D eigenvalue weighted by atomic mass is 10.0. The summed E-state index contributed by atoms with van der Waals surface area (Å²) in [6.07, 6.45) is 0. The van der Waals surface area contributed by atoms with Crippen molar-refractivity contribution in [3.63, 3.8) is 0 Å². The lowest BCUT2D eigenvalue weighted by Crippen LogP contribution is -2.09. The van der Waals surface area contributed by atoms with Gasteiger partial charge in [0.05, 0.1) is 11.6 Å². The molecule has 126 valence electrons. The second-order valence-electron chi connectivity index (χ2n) is 6.45. The van der Waals surface area contributed by atoms with E-state index in [-0.39, 0.29) is 12.0 Å². The standard InChI is InChI=1S/C21H17N5/c22-20-17-11-12(9-10-18(17)25-21(23)26-20)24-19-15-7-3-1-5-13(15)14-6-2-4-8-16(14)19/h1-11,19,24H,(H4,22,23,25,26). The van der Waals surface area contributed by atoms with Crippen LogP contribution in [-0.4, -0.2) is 9.97 Å². The Morgan fingerprint density at radius 1 is 0.769 bits per heavy atom. The Balaban J connectivity index is 1.61. The second-order valence-corrected chi connectivity index (χ2v) is 6.45. The number of hydrogen-bond acceptors (Lipinski definition) is 5. The van der Waals surface area contributed by atoms with Crippen LogP contribution in [0.25, 0.3) is 22.0 Å². The van der Waals surface area contributed by atoms with Crippen LogP contribution in [0.4, 0.5) is 17.5 Å². The summed E-state index contributed by atoms with van der Waals surface area (Å²) in [6, 6.07) is 23.0. The third-order valence-corrected chi connectivity index (χ3v) is 4.89. The van der Waals surface area contributed by atoms with Crippen LogP contribution >= 0.6 is 0 Å². The zero-order chi connectivity index (χ0) is 17.7. The van der Waals surface area contributed by atoms with Crippen LogP contribution in [0, 0.1) is 0 Å². The number of anilines is 3. The second kappa shape index (κ2) is 5.46. The summed E-state index contributed by atoms with van der Waals surface area (Å²) in [7, 11) is 0.